The first-order chi connectivity index (χ1) is 11.5. The molecule has 0 aliphatic carbocycles. The number of piperidine rings is 1. The maximum absolute atomic E-state index is 11.8. The molecule has 1 aromatic heterocycles. The zero-order chi connectivity index (χ0) is 17.5. The number of nitrogens with zero attached hydrogens (tertiary/aromatic N) is 3. The lowest BCUT2D eigenvalue weighted by Gasteiger charge is -2.32. The molecule has 0 saturated carbocycles. The van der Waals surface area contributed by atoms with Gasteiger partial charge in [-0.15, -0.1) is 0 Å². The summed E-state index contributed by atoms with van der Waals surface area (Å²) in [6.45, 7) is 8.08. The number of hydrogen-bond donors (Lipinski definition) is 2. The molecule has 0 atom stereocenters. The minimum absolute atomic E-state index is 0.132. The van der Waals surface area contributed by atoms with E-state index in [0.29, 0.717) is 18.3 Å². The standard InChI is InChI=1S/C18H29N5O/c1-4-7-20-18(24)13-23-8-5-16(6-9-23)21-12-15-10-17(11-19)22(3)14(15)2/h10,16,21H,4-9,12-13H2,1-3H3,(H,20,24). The van der Waals surface area contributed by atoms with E-state index in [1.54, 1.807) is 0 Å². The van der Waals surface area contributed by atoms with Gasteiger partial charge < -0.3 is 15.2 Å². The van der Waals surface area contributed by atoms with Gasteiger partial charge in [0.1, 0.15) is 11.8 Å². The van der Waals surface area contributed by atoms with Gasteiger partial charge in [-0.05, 0) is 37.8 Å². The highest BCUT2D eigenvalue weighted by Gasteiger charge is 2.20. The van der Waals surface area contributed by atoms with Crippen molar-refractivity contribution in [1.82, 2.24) is 20.1 Å². The summed E-state index contributed by atoms with van der Waals surface area (Å²) in [5.41, 5.74) is 3.04. The van der Waals surface area contributed by atoms with Crippen molar-refractivity contribution in [2.45, 2.75) is 45.7 Å². The highest BCUT2D eigenvalue weighted by atomic mass is 16.2. The highest BCUT2D eigenvalue weighted by molar-refractivity contribution is 5.77. The number of nitriles is 1. The van der Waals surface area contributed by atoms with Gasteiger partial charge in [-0.1, -0.05) is 6.92 Å². The molecule has 0 unspecified atom stereocenters. The molecular formula is C18H29N5O. The Labute approximate surface area is 144 Å². The van der Waals surface area contributed by atoms with Crippen LogP contribution in [0.1, 0.15) is 43.1 Å². The maximum atomic E-state index is 11.8. The summed E-state index contributed by atoms with van der Waals surface area (Å²) in [5.74, 6) is 0.132. The predicted octanol–water partition coefficient (Wildman–Crippen LogP) is 1.29. The van der Waals surface area contributed by atoms with Crippen molar-refractivity contribution in [3.63, 3.8) is 0 Å². The molecule has 0 aromatic carbocycles. The fourth-order valence-corrected chi connectivity index (χ4v) is 3.12. The number of rotatable bonds is 7. The van der Waals surface area contributed by atoms with Crippen LogP contribution in [-0.2, 0) is 18.4 Å². The Balaban J connectivity index is 1.74. The van der Waals surface area contributed by atoms with Crippen molar-refractivity contribution >= 4 is 5.91 Å². The molecule has 0 spiro atoms. The zero-order valence-electron chi connectivity index (χ0n) is 15.1. The maximum Gasteiger partial charge on any atom is 0.234 e. The minimum Gasteiger partial charge on any atom is -0.355 e. The van der Waals surface area contributed by atoms with Crippen LogP contribution in [-0.4, -0.2) is 47.6 Å². The third-order valence-corrected chi connectivity index (χ3v) is 4.86. The summed E-state index contributed by atoms with van der Waals surface area (Å²) in [6, 6.07) is 4.67. The number of carbonyl (C=O) groups excluding carboxylic acids is 1. The van der Waals surface area contributed by atoms with Crippen LogP contribution in [0.5, 0.6) is 0 Å². The van der Waals surface area contributed by atoms with Gasteiger partial charge in [0.15, 0.2) is 0 Å². The van der Waals surface area contributed by atoms with E-state index in [4.69, 9.17) is 5.26 Å². The first kappa shape index (κ1) is 18.5. The molecule has 0 bridgehead atoms. The monoisotopic (exact) mass is 331 g/mol. The molecule has 1 saturated heterocycles. The molecule has 6 nitrogen and oxygen atoms in total. The minimum atomic E-state index is 0.132. The van der Waals surface area contributed by atoms with Crippen LogP contribution in [0.4, 0.5) is 0 Å². The van der Waals surface area contributed by atoms with Gasteiger partial charge in [-0.2, -0.15) is 5.26 Å². The SMILES string of the molecule is CCCNC(=O)CN1CCC(NCc2cc(C#N)n(C)c2C)CC1. The Bertz CT molecular complexity index is 593. The number of aromatic nitrogens is 1. The lowest BCUT2D eigenvalue weighted by molar-refractivity contribution is -0.122. The molecule has 2 heterocycles. The molecule has 132 valence electrons. The second-order valence-corrected chi connectivity index (χ2v) is 6.59. The summed E-state index contributed by atoms with van der Waals surface area (Å²) in [5, 5.41) is 15.6. The lowest BCUT2D eigenvalue weighted by Crippen LogP contribution is -2.46. The molecule has 2 N–H and O–H groups in total. The van der Waals surface area contributed by atoms with Crippen LogP contribution in [0.25, 0.3) is 0 Å². The van der Waals surface area contributed by atoms with E-state index in [9.17, 15) is 4.79 Å². The smallest absolute Gasteiger partial charge is 0.234 e. The van der Waals surface area contributed by atoms with Crippen molar-refractivity contribution in [3.8, 4) is 6.07 Å². The first-order valence-electron chi connectivity index (χ1n) is 8.82. The van der Waals surface area contributed by atoms with Crippen LogP contribution in [0, 0.1) is 18.3 Å². The summed E-state index contributed by atoms with van der Waals surface area (Å²) >= 11 is 0. The number of amides is 1. The van der Waals surface area contributed by atoms with Crippen molar-refractivity contribution in [2.24, 2.45) is 7.05 Å². The molecule has 6 heteroatoms. The van der Waals surface area contributed by atoms with Gasteiger partial charge >= 0.3 is 0 Å². The van der Waals surface area contributed by atoms with E-state index in [2.05, 4.69) is 35.5 Å². The third kappa shape index (κ3) is 4.83. The highest BCUT2D eigenvalue weighted by Crippen LogP contribution is 2.15. The average molecular weight is 331 g/mol. The quantitative estimate of drug-likeness (QED) is 0.789. The van der Waals surface area contributed by atoms with Gasteiger partial charge in [-0.25, -0.2) is 0 Å². The molecule has 1 aliphatic rings. The van der Waals surface area contributed by atoms with E-state index in [1.807, 2.05) is 17.7 Å². The normalized spacial score (nSPS) is 16.1. The predicted molar refractivity (Wildman–Crippen MR) is 94.5 cm³/mol. The Morgan fingerprint density at radius 2 is 2.12 bits per heavy atom. The van der Waals surface area contributed by atoms with E-state index in [-0.39, 0.29) is 5.91 Å². The number of nitrogens with one attached hydrogen (secondary N) is 2. The molecule has 24 heavy (non-hydrogen) atoms. The van der Waals surface area contributed by atoms with Gasteiger partial charge in [0.05, 0.1) is 6.54 Å². The van der Waals surface area contributed by atoms with Crippen LogP contribution in [0.3, 0.4) is 0 Å². The van der Waals surface area contributed by atoms with Gasteiger partial charge in [0.2, 0.25) is 5.91 Å². The van der Waals surface area contributed by atoms with Crippen LogP contribution >= 0.6 is 0 Å². The Morgan fingerprint density at radius 3 is 2.71 bits per heavy atom. The zero-order valence-corrected chi connectivity index (χ0v) is 15.1. The van der Waals surface area contributed by atoms with Gasteiger partial charge in [-0.3, -0.25) is 9.69 Å². The first-order valence-corrected chi connectivity index (χ1v) is 8.82. The molecule has 2 rings (SSSR count). The van der Waals surface area contributed by atoms with Crippen molar-refractivity contribution in [2.75, 3.05) is 26.2 Å². The second kappa shape index (κ2) is 8.86. The topological polar surface area (TPSA) is 73.1 Å². The fraction of sp³-hybridized carbons (Fsp3) is 0.667. The van der Waals surface area contributed by atoms with Crippen LogP contribution in [0.15, 0.2) is 6.07 Å². The summed E-state index contributed by atoms with van der Waals surface area (Å²) in [6.07, 6.45) is 3.08. The van der Waals surface area contributed by atoms with Crippen molar-refractivity contribution in [1.29, 1.82) is 5.26 Å². The van der Waals surface area contributed by atoms with Crippen molar-refractivity contribution in [3.05, 3.63) is 23.0 Å². The van der Waals surface area contributed by atoms with E-state index < -0.39 is 0 Å². The Kier molecular flexibility index (Phi) is 6.83. The largest absolute Gasteiger partial charge is 0.355 e. The fourth-order valence-electron chi connectivity index (χ4n) is 3.12. The Hall–Kier alpha value is -1.84. The number of carbonyl (C=O) groups is 1. The Morgan fingerprint density at radius 1 is 1.42 bits per heavy atom. The van der Waals surface area contributed by atoms with Crippen molar-refractivity contribution < 1.29 is 4.79 Å². The molecule has 1 aromatic rings. The molecular weight excluding hydrogens is 302 g/mol. The van der Waals surface area contributed by atoms with Crippen LogP contribution < -0.4 is 10.6 Å². The van der Waals surface area contributed by atoms with Gasteiger partial charge in [0, 0.05) is 45.0 Å². The summed E-state index contributed by atoms with van der Waals surface area (Å²) in [4.78, 5) is 14.0. The number of hydrogen-bond acceptors (Lipinski definition) is 4. The summed E-state index contributed by atoms with van der Waals surface area (Å²) < 4.78 is 1.94. The van der Waals surface area contributed by atoms with E-state index in [1.165, 1.54) is 5.56 Å². The number of likely N-dealkylation sites (tertiary alicyclic amines) is 1. The third-order valence-electron chi connectivity index (χ3n) is 4.86. The molecule has 1 amide bonds. The van der Waals surface area contributed by atoms with E-state index >= 15 is 0 Å². The van der Waals surface area contributed by atoms with E-state index in [0.717, 1.165) is 51.1 Å². The summed E-state index contributed by atoms with van der Waals surface area (Å²) in [7, 11) is 1.93. The molecule has 0 radical (unpaired) electrons. The molecule has 1 fully saturated rings. The second-order valence-electron chi connectivity index (χ2n) is 6.59. The van der Waals surface area contributed by atoms with Gasteiger partial charge in [0.25, 0.3) is 0 Å². The van der Waals surface area contributed by atoms with Crippen LogP contribution in [0.2, 0.25) is 0 Å². The molecule has 1 aliphatic heterocycles. The average Bonchev–Trinajstić information content (AvgIpc) is 2.87. The lowest BCUT2D eigenvalue weighted by atomic mass is 10.0.